The van der Waals surface area contributed by atoms with Gasteiger partial charge >= 0.3 is 6.18 Å². The van der Waals surface area contributed by atoms with Gasteiger partial charge in [-0.25, -0.2) is 9.97 Å². The number of carbonyl (C=O) groups excluding carboxylic acids is 1. The molecule has 2 aromatic rings. The molecule has 2 rings (SSSR count). The molecule has 2 heterocycles. The second kappa shape index (κ2) is 8.26. The molecule has 0 aromatic carbocycles. The van der Waals surface area contributed by atoms with Gasteiger partial charge in [0.05, 0.1) is 22.1 Å². The Hall–Kier alpha value is -2.60. The molecule has 10 heteroatoms. The number of carbonyl (C=O) groups is 1. The summed E-state index contributed by atoms with van der Waals surface area (Å²) in [7, 11) is 1.45. The summed E-state index contributed by atoms with van der Waals surface area (Å²) in [5, 5.41) is 9.50. The third-order valence-corrected chi connectivity index (χ3v) is 4.76. The number of nitrogens with zero attached hydrogens (tertiary/aromatic N) is 5. The van der Waals surface area contributed by atoms with E-state index in [9.17, 15) is 23.2 Å². The average molecular weight is 442 g/mol. The Kier molecular flexibility index (Phi) is 6.52. The lowest BCUT2D eigenvalue weighted by atomic mass is 9.95. The van der Waals surface area contributed by atoms with Gasteiger partial charge in [0.1, 0.15) is 11.4 Å². The molecule has 0 bridgehead atoms. The molecular formula is C20H23ClF3N5O. The second-order valence-corrected chi connectivity index (χ2v) is 8.48. The fourth-order valence-electron chi connectivity index (χ4n) is 3.38. The zero-order chi connectivity index (χ0) is 23.0. The second-order valence-electron chi connectivity index (χ2n) is 8.04. The van der Waals surface area contributed by atoms with Gasteiger partial charge in [0.2, 0.25) is 0 Å². The van der Waals surface area contributed by atoms with Crippen LogP contribution < -0.4 is 0 Å². The summed E-state index contributed by atoms with van der Waals surface area (Å²) >= 11 is 5.82. The number of rotatable bonds is 5. The number of alkyl halides is 3. The van der Waals surface area contributed by atoms with E-state index in [0.717, 1.165) is 4.57 Å². The minimum absolute atomic E-state index is 0.000643. The monoisotopic (exact) mass is 441 g/mol. The first-order valence-electron chi connectivity index (χ1n) is 9.18. The summed E-state index contributed by atoms with van der Waals surface area (Å²) in [6, 6.07) is 1.42. The van der Waals surface area contributed by atoms with Gasteiger partial charge in [-0.2, -0.15) is 18.4 Å². The average Bonchev–Trinajstić information content (AvgIpc) is 2.95. The van der Waals surface area contributed by atoms with Crippen molar-refractivity contribution in [1.29, 1.82) is 5.26 Å². The van der Waals surface area contributed by atoms with E-state index in [1.165, 1.54) is 31.3 Å². The van der Waals surface area contributed by atoms with E-state index in [0.29, 0.717) is 0 Å². The van der Waals surface area contributed by atoms with Crippen molar-refractivity contribution in [2.24, 2.45) is 5.41 Å². The van der Waals surface area contributed by atoms with Crippen LogP contribution in [0, 0.1) is 23.7 Å². The minimum atomic E-state index is -4.70. The third kappa shape index (κ3) is 4.59. The molecule has 0 N–H and O–H groups in total. The molecule has 2 aromatic heterocycles. The molecule has 0 fully saturated rings. The fourth-order valence-corrected chi connectivity index (χ4v) is 3.48. The lowest BCUT2D eigenvalue weighted by molar-refractivity contribution is -0.144. The molecule has 162 valence electrons. The molecular weight excluding hydrogens is 419 g/mol. The highest BCUT2D eigenvalue weighted by Gasteiger charge is 2.43. The number of hydrogen-bond acceptors (Lipinski definition) is 4. The smallest absolute Gasteiger partial charge is 0.339 e. The van der Waals surface area contributed by atoms with Crippen molar-refractivity contribution in [2.45, 2.75) is 46.8 Å². The van der Waals surface area contributed by atoms with E-state index in [4.69, 9.17) is 11.6 Å². The van der Waals surface area contributed by atoms with Gasteiger partial charge in [-0.3, -0.25) is 4.79 Å². The van der Waals surface area contributed by atoms with E-state index in [-0.39, 0.29) is 34.2 Å². The molecule has 0 saturated carbocycles. The van der Waals surface area contributed by atoms with Crippen molar-refractivity contribution < 1.29 is 18.0 Å². The Bertz CT molecular complexity index is 988. The van der Waals surface area contributed by atoms with Crippen LogP contribution in [0.25, 0.3) is 11.4 Å². The number of aromatic nitrogens is 3. The van der Waals surface area contributed by atoms with Crippen LogP contribution in [0.4, 0.5) is 13.2 Å². The molecule has 6 nitrogen and oxygen atoms in total. The highest BCUT2D eigenvalue weighted by molar-refractivity contribution is 6.30. The number of amides is 1. The Morgan fingerprint density at radius 3 is 2.27 bits per heavy atom. The van der Waals surface area contributed by atoms with Crippen molar-refractivity contribution in [1.82, 2.24) is 19.4 Å². The van der Waals surface area contributed by atoms with E-state index >= 15 is 0 Å². The van der Waals surface area contributed by atoms with Crippen molar-refractivity contribution in [3.63, 3.8) is 0 Å². The Balaban J connectivity index is 2.83. The van der Waals surface area contributed by atoms with Gasteiger partial charge in [0.25, 0.3) is 5.91 Å². The highest BCUT2D eigenvalue weighted by Crippen LogP contribution is 2.42. The summed E-state index contributed by atoms with van der Waals surface area (Å²) in [6.45, 7) is 7.76. The molecule has 0 spiro atoms. The first kappa shape index (κ1) is 23.7. The maximum atomic E-state index is 14.0. The molecule has 0 unspecified atom stereocenters. The van der Waals surface area contributed by atoms with Crippen LogP contribution in [-0.2, 0) is 6.18 Å². The predicted octanol–water partition coefficient (Wildman–Crippen LogP) is 5.13. The van der Waals surface area contributed by atoms with Crippen molar-refractivity contribution in [3.05, 3.63) is 34.4 Å². The van der Waals surface area contributed by atoms with Gasteiger partial charge in [-0.05, 0) is 40.2 Å². The van der Waals surface area contributed by atoms with Gasteiger partial charge in [0, 0.05) is 32.0 Å². The van der Waals surface area contributed by atoms with Crippen molar-refractivity contribution in [3.8, 4) is 17.5 Å². The van der Waals surface area contributed by atoms with Crippen LogP contribution in [0.5, 0.6) is 0 Å². The maximum absolute atomic E-state index is 14.0. The zero-order valence-corrected chi connectivity index (χ0v) is 18.4. The van der Waals surface area contributed by atoms with E-state index < -0.39 is 29.2 Å². The SMILES string of the molecule is Cc1c(-c2ncc(Cl)cn2)c(C(=O)N(C)CC(C)(C)C#N)n(C(C)C)c1C(F)(F)F. The summed E-state index contributed by atoms with van der Waals surface area (Å²) < 4.78 is 42.9. The Labute approximate surface area is 178 Å². The summed E-state index contributed by atoms with van der Waals surface area (Å²) in [5.41, 5.74) is -2.12. The lowest BCUT2D eigenvalue weighted by Crippen LogP contribution is -2.37. The topological polar surface area (TPSA) is 74.8 Å². The standard InChI is InChI=1S/C20H23ClF3N5O/c1-11(2)29-15(18(30)28(6)10-19(4,5)9-25)14(12(3)16(29)20(22,23)24)17-26-7-13(21)8-27-17/h7-8,11H,10H2,1-6H3. The molecule has 30 heavy (non-hydrogen) atoms. The maximum Gasteiger partial charge on any atom is 0.431 e. The van der Waals surface area contributed by atoms with E-state index in [1.54, 1.807) is 27.7 Å². The van der Waals surface area contributed by atoms with Crippen molar-refractivity contribution >= 4 is 17.5 Å². The molecule has 0 aliphatic rings. The molecule has 0 aliphatic carbocycles. The van der Waals surface area contributed by atoms with E-state index in [1.807, 2.05) is 0 Å². The fraction of sp³-hybridized carbons (Fsp3) is 0.500. The first-order chi connectivity index (χ1) is 13.7. The van der Waals surface area contributed by atoms with Crippen LogP contribution in [-0.4, -0.2) is 38.9 Å². The molecule has 1 amide bonds. The van der Waals surface area contributed by atoms with Crippen molar-refractivity contribution in [2.75, 3.05) is 13.6 Å². The predicted molar refractivity (Wildman–Crippen MR) is 107 cm³/mol. The van der Waals surface area contributed by atoms with Crippen LogP contribution in [0.3, 0.4) is 0 Å². The number of halogens is 4. The number of hydrogen-bond donors (Lipinski definition) is 0. The van der Waals surface area contributed by atoms with Crippen LogP contribution in [0.15, 0.2) is 12.4 Å². The largest absolute Gasteiger partial charge is 0.431 e. The van der Waals surface area contributed by atoms with Crippen LogP contribution in [0.2, 0.25) is 5.02 Å². The van der Waals surface area contributed by atoms with Gasteiger partial charge in [-0.1, -0.05) is 11.6 Å². The zero-order valence-electron chi connectivity index (χ0n) is 17.6. The molecule has 0 atom stereocenters. The Morgan fingerprint density at radius 1 is 1.30 bits per heavy atom. The van der Waals surface area contributed by atoms with Crippen LogP contribution >= 0.6 is 11.6 Å². The van der Waals surface area contributed by atoms with E-state index in [2.05, 4.69) is 16.0 Å². The molecule has 0 aliphatic heterocycles. The highest BCUT2D eigenvalue weighted by atomic mass is 35.5. The summed E-state index contributed by atoms with van der Waals surface area (Å²) in [4.78, 5) is 22.7. The first-order valence-corrected chi connectivity index (χ1v) is 9.55. The van der Waals surface area contributed by atoms with Gasteiger partial charge in [0.15, 0.2) is 5.82 Å². The summed E-state index contributed by atoms with van der Waals surface area (Å²) in [6.07, 6.45) is -2.17. The summed E-state index contributed by atoms with van der Waals surface area (Å²) in [5.74, 6) is -0.683. The lowest BCUT2D eigenvalue weighted by Gasteiger charge is -2.26. The number of nitriles is 1. The van der Waals surface area contributed by atoms with Crippen LogP contribution in [0.1, 0.15) is 55.5 Å². The van der Waals surface area contributed by atoms with Gasteiger partial charge in [-0.15, -0.1) is 0 Å². The third-order valence-electron chi connectivity index (χ3n) is 4.56. The Morgan fingerprint density at radius 2 is 1.83 bits per heavy atom. The molecule has 0 saturated heterocycles. The normalized spacial score (nSPS) is 12.2. The molecule has 0 radical (unpaired) electrons. The quantitative estimate of drug-likeness (QED) is 0.644. The van der Waals surface area contributed by atoms with Gasteiger partial charge < -0.3 is 9.47 Å². The minimum Gasteiger partial charge on any atom is -0.339 e.